The Hall–Kier alpha value is -3.04. The molecule has 0 aliphatic carbocycles. The van der Waals surface area contributed by atoms with E-state index in [-0.39, 0.29) is 16.3 Å². The minimum Gasteiger partial charge on any atom is -0.453 e. The Bertz CT molecular complexity index is 1200. The number of aromatic amines is 1. The number of carbonyl (C=O) groups excluding carboxylic acids is 1. The van der Waals surface area contributed by atoms with Crippen LogP contribution in [0.25, 0.3) is 10.9 Å². The lowest BCUT2D eigenvalue weighted by Gasteiger charge is -2.17. The highest BCUT2D eigenvalue weighted by atomic mass is 32.2. The van der Waals surface area contributed by atoms with Crippen LogP contribution in [0.4, 0.5) is 0 Å². The number of para-hydroxylation sites is 1. The first-order valence-corrected chi connectivity index (χ1v) is 10.4. The number of H-pyrrole nitrogens is 1. The van der Waals surface area contributed by atoms with Gasteiger partial charge in [-0.05, 0) is 45.0 Å². The first-order chi connectivity index (χ1) is 13.7. The normalized spacial score (nSPS) is 13.8. The van der Waals surface area contributed by atoms with Crippen molar-refractivity contribution < 1.29 is 17.9 Å². The van der Waals surface area contributed by atoms with Gasteiger partial charge in [0.15, 0.2) is 11.9 Å². The number of hydrogen-bond donors (Lipinski definition) is 2. The van der Waals surface area contributed by atoms with Crippen molar-refractivity contribution in [3.8, 4) is 0 Å². The van der Waals surface area contributed by atoms with E-state index in [0.717, 1.165) is 5.56 Å². The maximum Gasteiger partial charge on any atom is 0.324 e. The molecule has 0 spiro atoms. The fraction of sp³-hybridized carbons (Fsp3) is 0.250. The molecule has 0 saturated carbocycles. The van der Waals surface area contributed by atoms with Gasteiger partial charge in [0.05, 0.1) is 15.8 Å². The minimum absolute atomic E-state index is 0.0522. The van der Waals surface area contributed by atoms with E-state index in [9.17, 15) is 18.0 Å². The first-order valence-electron chi connectivity index (χ1n) is 8.96. The highest BCUT2D eigenvalue weighted by Crippen LogP contribution is 2.16. The van der Waals surface area contributed by atoms with Crippen molar-refractivity contribution in [1.29, 1.82) is 0 Å². The maximum absolute atomic E-state index is 12.4. The van der Waals surface area contributed by atoms with E-state index in [0.29, 0.717) is 10.9 Å². The highest BCUT2D eigenvalue weighted by Gasteiger charge is 2.25. The number of sulfonamides is 1. The van der Waals surface area contributed by atoms with Crippen LogP contribution in [0.5, 0.6) is 0 Å². The number of nitrogens with one attached hydrogen (secondary N) is 2. The molecule has 0 amide bonds. The zero-order valence-corrected chi connectivity index (χ0v) is 17.0. The summed E-state index contributed by atoms with van der Waals surface area (Å²) < 4.78 is 32.5. The minimum atomic E-state index is -3.88. The van der Waals surface area contributed by atoms with Gasteiger partial charge in [0.1, 0.15) is 6.04 Å². The number of aryl methyl sites for hydroxylation is 1. The maximum atomic E-state index is 12.4. The molecule has 8 nitrogen and oxygen atoms in total. The molecule has 0 bridgehead atoms. The number of hydrogen-bond acceptors (Lipinski definition) is 6. The number of aromatic nitrogens is 2. The number of esters is 1. The monoisotopic (exact) mass is 415 g/mol. The van der Waals surface area contributed by atoms with Crippen LogP contribution in [0, 0.1) is 6.92 Å². The largest absolute Gasteiger partial charge is 0.453 e. The lowest BCUT2D eigenvalue weighted by molar-refractivity contribution is -0.150. The Kier molecular flexibility index (Phi) is 5.81. The molecule has 3 aromatic rings. The van der Waals surface area contributed by atoms with Gasteiger partial charge in [-0.1, -0.05) is 29.8 Å². The van der Waals surface area contributed by atoms with E-state index < -0.39 is 28.1 Å². The first kappa shape index (κ1) is 20.7. The van der Waals surface area contributed by atoms with Gasteiger partial charge in [-0.15, -0.1) is 0 Å². The molecule has 152 valence electrons. The molecule has 1 aromatic heterocycles. The topological polar surface area (TPSA) is 118 Å². The van der Waals surface area contributed by atoms with Crippen LogP contribution in [0.2, 0.25) is 0 Å². The summed E-state index contributed by atoms with van der Waals surface area (Å²) >= 11 is 0. The van der Waals surface area contributed by atoms with E-state index >= 15 is 0 Å². The summed E-state index contributed by atoms with van der Waals surface area (Å²) in [4.78, 5) is 31.5. The van der Waals surface area contributed by atoms with Crippen molar-refractivity contribution in [2.75, 3.05) is 0 Å². The second kappa shape index (κ2) is 8.14. The number of carbonyl (C=O) groups is 1. The fourth-order valence-corrected chi connectivity index (χ4v) is 3.89. The number of rotatable bonds is 6. The van der Waals surface area contributed by atoms with Crippen LogP contribution in [-0.4, -0.2) is 30.4 Å². The van der Waals surface area contributed by atoms with Crippen molar-refractivity contribution in [3.05, 3.63) is 70.3 Å². The molecule has 0 fully saturated rings. The number of nitrogens with zero attached hydrogens (tertiary/aromatic N) is 1. The molecular formula is C20H21N3O5S. The predicted molar refractivity (Wildman–Crippen MR) is 108 cm³/mol. The molecule has 2 atom stereocenters. The van der Waals surface area contributed by atoms with E-state index in [1.165, 1.54) is 19.1 Å². The smallest absolute Gasteiger partial charge is 0.324 e. The van der Waals surface area contributed by atoms with Crippen molar-refractivity contribution in [2.45, 2.75) is 37.8 Å². The van der Waals surface area contributed by atoms with E-state index in [1.807, 2.05) is 6.92 Å². The predicted octanol–water partition coefficient (Wildman–Crippen LogP) is 2.20. The lowest BCUT2D eigenvalue weighted by atomic mass is 10.2. The van der Waals surface area contributed by atoms with Gasteiger partial charge in [-0.2, -0.15) is 4.72 Å². The number of benzene rings is 2. The van der Waals surface area contributed by atoms with Crippen LogP contribution < -0.4 is 10.3 Å². The third-order valence-electron chi connectivity index (χ3n) is 4.33. The molecule has 3 rings (SSSR count). The lowest BCUT2D eigenvalue weighted by Crippen LogP contribution is -2.40. The Morgan fingerprint density at radius 3 is 2.45 bits per heavy atom. The van der Waals surface area contributed by atoms with E-state index in [4.69, 9.17) is 4.74 Å². The molecule has 0 radical (unpaired) electrons. The van der Waals surface area contributed by atoms with Crippen molar-refractivity contribution >= 4 is 26.9 Å². The molecular weight excluding hydrogens is 394 g/mol. The van der Waals surface area contributed by atoms with Crippen LogP contribution in [0.1, 0.15) is 31.3 Å². The van der Waals surface area contributed by atoms with Crippen LogP contribution in [0.3, 0.4) is 0 Å². The third-order valence-corrected chi connectivity index (χ3v) is 5.88. The number of fused-ring (bicyclic) bond motifs is 1. The second-order valence-electron chi connectivity index (χ2n) is 6.70. The molecule has 2 aromatic carbocycles. The van der Waals surface area contributed by atoms with Gasteiger partial charge >= 0.3 is 5.97 Å². The summed E-state index contributed by atoms with van der Waals surface area (Å²) in [5.41, 5.74) is 1.05. The Labute approximate surface area is 168 Å². The summed E-state index contributed by atoms with van der Waals surface area (Å²) in [7, 11) is -3.88. The van der Waals surface area contributed by atoms with Crippen LogP contribution in [0.15, 0.2) is 58.2 Å². The molecule has 29 heavy (non-hydrogen) atoms. The highest BCUT2D eigenvalue weighted by molar-refractivity contribution is 7.89. The summed E-state index contributed by atoms with van der Waals surface area (Å²) in [6, 6.07) is 11.9. The molecule has 9 heteroatoms. The quantitative estimate of drug-likeness (QED) is 0.596. The summed E-state index contributed by atoms with van der Waals surface area (Å²) in [5, 5.41) is 0.425. The van der Waals surface area contributed by atoms with Gasteiger partial charge in [0.2, 0.25) is 10.0 Å². The van der Waals surface area contributed by atoms with Crippen molar-refractivity contribution in [3.63, 3.8) is 0 Å². The van der Waals surface area contributed by atoms with Crippen LogP contribution in [-0.2, 0) is 19.6 Å². The third kappa shape index (κ3) is 4.69. The standard InChI is InChI=1S/C20H21N3O5S/c1-12-8-10-15(11-9-12)29(26,27)23-13(2)20(25)28-14(3)18-21-17-7-5-4-6-16(17)19(24)22-18/h4-11,13-14,23H,1-3H3,(H,21,22,24)/t13-,14+/m0/s1. The molecule has 0 saturated heterocycles. The van der Waals surface area contributed by atoms with Gasteiger partial charge in [-0.3, -0.25) is 9.59 Å². The molecule has 1 heterocycles. The second-order valence-corrected chi connectivity index (χ2v) is 8.42. The molecule has 0 aliphatic heterocycles. The zero-order valence-electron chi connectivity index (χ0n) is 16.2. The Balaban J connectivity index is 1.72. The van der Waals surface area contributed by atoms with Gasteiger partial charge in [0.25, 0.3) is 5.56 Å². The van der Waals surface area contributed by atoms with E-state index in [2.05, 4.69) is 14.7 Å². The number of ether oxygens (including phenoxy) is 1. The van der Waals surface area contributed by atoms with Gasteiger partial charge in [-0.25, -0.2) is 13.4 Å². The van der Waals surface area contributed by atoms with E-state index in [1.54, 1.807) is 43.3 Å². The molecule has 0 unspecified atom stereocenters. The SMILES string of the molecule is Cc1ccc(S(=O)(=O)N[C@@H](C)C(=O)O[C@H](C)c2nc3ccccc3c(=O)[nH]2)cc1. The fourth-order valence-electron chi connectivity index (χ4n) is 2.70. The summed E-state index contributed by atoms with van der Waals surface area (Å²) in [6.07, 6.45) is -0.869. The van der Waals surface area contributed by atoms with Crippen LogP contribution >= 0.6 is 0 Å². The van der Waals surface area contributed by atoms with Crippen molar-refractivity contribution in [2.24, 2.45) is 0 Å². The Morgan fingerprint density at radius 1 is 1.10 bits per heavy atom. The van der Waals surface area contributed by atoms with Gasteiger partial charge < -0.3 is 9.72 Å². The Morgan fingerprint density at radius 2 is 1.76 bits per heavy atom. The van der Waals surface area contributed by atoms with Gasteiger partial charge in [0, 0.05) is 0 Å². The summed E-state index contributed by atoms with van der Waals surface area (Å²) in [5.74, 6) is -0.611. The van der Waals surface area contributed by atoms with Crippen molar-refractivity contribution in [1.82, 2.24) is 14.7 Å². The zero-order chi connectivity index (χ0) is 21.2. The average Bonchev–Trinajstić information content (AvgIpc) is 2.67. The average molecular weight is 415 g/mol. The molecule has 2 N–H and O–H groups in total. The molecule has 0 aliphatic rings. The summed E-state index contributed by atoms with van der Waals surface area (Å²) in [6.45, 7) is 4.78.